The van der Waals surface area contributed by atoms with Gasteiger partial charge in [0.1, 0.15) is 12.2 Å². The lowest BCUT2D eigenvalue weighted by Crippen LogP contribution is -2.36. The largest absolute Gasteiger partial charge is 0.353 e. The van der Waals surface area contributed by atoms with Crippen LogP contribution in [0.3, 0.4) is 0 Å². The van der Waals surface area contributed by atoms with E-state index in [0.29, 0.717) is 0 Å². The minimum absolute atomic E-state index is 0.0111. The molecule has 1 aliphatic heterocycles. The van der Waals surface area contributed by atoms with E-state index in [1.54, 1.807) is 4.90 Å². The number of nitrogens with zero attached hydrogens (tertiary/aromatic N) is 3. The van der Waals surface area contributed by atoms with Crippen LogP contribution in [0.5, 0.6) is 0 Å². The summed E-state index contributed by atoms with van der Waals surface area (Å²) < 4.78 is 0. The van der Waals surface area contributed by atoms with Crippen LogP contribution in [-0.4, -0.2) is 27.6 Å². The molecule has 2 aromatic heterocycles. The number of aromatic amines is 2. The van der Waals surface area contributed by atoms with Gasteiger partial charge in [-0.1, -0.05) is 0 Å². The molecule has 0 saturated heterocycles. The topological polar surface area (TPSA) is 88.6 Å². The second-order valence-corrected chi connectivity index (χ2v) is 8.10. The minimum Gasteiger partial charge on any atom is -0.353 e. The van der Waals surface area contributed by atoms with E-state index in [-0.39, 0.29) is 12.5 Å². The first-order valence-corrected chi connectivity index (χ1v) is 9.35. The number of hydrogen-bond donors (Lipinski definition) is 2. The number of carbonyl (C=O) groups is 1. The number of anilines is 1. The second kappa shape index (κ2) is 5.23. The van der Waals surface area contributed by atoms with Gasteiger partial charge in [-0.2, -0.15) is 10.4 Å². The molecule has 0 radical (unpaired) electrons. The summed E-state index contributed by atoms with van der Waals surface area (Å²) >= 11 is 0. The first-order chi connectivity index (χ1) is 12.9. The fourth-order valence-electron chi connectivity index (χ4n) is 4.67. The number of aromatic nitrogens is 3. The molecule has 3 heterocycles. The Hall–Kier alpha value is -3.07. The van der Waals surface area contributed by atoms with Crippen LogP contribution in [0.2, 0.25) is 0 Å². The highest BCUT2D eigenvalue weighted by atomic mass is 16.2. The van der Waals surface area contributed by atoms with E-state index in [0.717, 1.165) is 58.5 Å². The maximum absolute atomic E-state index is 12.8. The van der Waals surface area contributed by atoms with Gasteiger partial charge in [-0.05, 0) is 63.3 Å². The maximum atomic E-state index is 12.8. The molecule has 0 saturated carbocycles. The molecule has 0 unspecified atom stereocenters. The van der Waals surface area contributed by atoms with Gasteiger partial charge in [0.2, 0.25) is 5.91 Å². The zero-order valence-electron chi connectivity index (χ0n) is 15.7. The number of aryl methyl sites for hydroxylation is 2. The van der Waals surface area contributed by atoms with Crippen molar-refractivity contribution in [3.8, 4) is 17.5 Å². The molecule has 136 valence electrons. The van der Waals surface area contributed by atoms with E-state index < -0.39 is 5.41 Å². The molecule has 0 bridgehead atoms. The highest BCUT2D eigenvalue weighted by Gasteiger charge is 2.44. The molecule has 6 heteroatoms. The molecular weight excluding hydrogens is 338 g/mol. The Bertz CT molecular complexity index is 1160. The van der Waals surface area contributed by atoms with Gasteiger partial charge in [0.25, 0.3) is 0 Å². The van der Waals surface area contributed by atoms with Gasteiger partial charge in [-0.15, -0.1) is 0 Å². The Labute approximate surface area is 157 Å². The van der Waals surface area contributed by atoms with Crippen LogP contribution in [0.15, 0.2) is 12.1 Å². The lowest BCUT2D eigenvalue weighted by Gasteiger charge is -2.17. The number of fused-ring (bicyclic) bond motifs is 6. The molecule has 0 fully saturated rings. The molecule has 1 amide bonds. The van der Waals surface area contributed by atoms with Gasteiger partial charge in [0.15, 0.2) is 0 Å². The zero-order chi connectivity index (χ0) is 18.9. The molecule has 1 aromatic carbocycles. The van der Waals surface area contributed by atoms with Gasteiger partial charge < -0.3 is 4.98 Å². The average molecular weight is 359 g/mol. The highest BCUT2D eigenvalue weighted by molar-refractivity contribution is 6.10. The fraction of sp³-hybridized carbons (Fsp3) is 0.381. The zero-order valence-corrected chi connectivity index (χ0v) is 15.7. The number of carbonyl (C=O) groups excluding carboxylic acids is 1. The van der Waals surface area contributed by atoms with Crippen molar-refractivity contribution >= 4 is 22.5 Å². The molecule has 0 spiro atoms. The van der Waals surface area contributed by atoms with Crippen molar-refractivity contribution < 1.29 is 4.79 Å². The van der Waals surface area contributed by atoms with Crippen molar-refractivity contribution in [2.75, 3.05) is 11.4 Å². The van der Waals surface area contributed by atoms with Crippen molar-refractivity contribution in [1.82, 2.24) is 15.2 Å². The molecule has 3 aromatic rings. The van der Waals surface area contributed by atoms with Crippen LogP contribution in [0.4, 0.5) is 5.69 Å². The molecular formula is C21H21N5O. The lowest BCUT2D eigenvalue weighted by atomic mass is 9.85. The van der Waals surface area contributed by atoms with Gasteiger partial charge in [0, 0.05) is 27.8 Å². The van der Waals surface area contributed by atoms with Crippen molar-refractivity contribution in [2.24, 2.45) is 0 Å². The third-order valence-corrected chi connectivity index (χ3v) is 6.16. The summed E-state index contributed by atoms with van der Waals surface area (Å²) in [6.07, 6.45) is 3.05. The number of rotatable bonds is 1. The molecule has 2 N–H and O–H groups in total. The highest BCUT2D eigenvalue weighted by Crippen LogP contribution is 2.46. The summed E-state index contributed by atoms with van der Waals surface area (Å²) in [4.78, 5) is 18.0. The van der Waals surface area contributed by atoms with Crippen molar-refractivity contribution in [1.29, 1.82) is 5.26 Å². The van der Waals surface area contributed by atoms with Gasteiger partial charge in [-0.3, -0.25) is 14.8 Å². The number of nitriles is 1. The normalized spacial score (nSPS) is 17.4. The predicted molar refractivity (Wildman–Crippen MR) is 104 cm³/mol. The van der Waals surface area contributed by atoms with E-state index in [2.05, 4.69) is 40.3 Å². The first-order valence-electron chi connectivity index (χ1n) is 9.35. The smallest absolute Gasteiger partial charge is 0.238 e. The molecule has 1 aliphatic carbocycles. The van der Waals surface area contributed by atoms with Gasteiger partial charge in [0.05, 0.1) is 17.2 Å². The molecule has 5 rings (SSSR count). The summed E-state index contributed by atoms with van der Waals surface area (Å²) in [6, 6.07) is 6.31. The lowest BCUT2D eigenvalue weighted by molar-refractivity contribution is -0.121. The van der Waals surface area contributed by atoms with E-state index in [1.165, 1.54) is 11.1 Å². The van der Waals surface area contributed by atoms with Gasteiger partial charge >= 0.3 is 0 Å². The fourth-order valence-corrected chi connectivity index (χ4v) is 4.67. The predicted octanol–water partition coefficient (Wildman–Crippen LogP) is 3.50. The van der Waals surface area contributed by atoms with Crippen LogP contribution in [0.1, 0.15) is 42.7 Å². The third-order valence-electron chi connectivity index (χ3n) is 6.16. The maximum Gasteiger partial charge on any atom is 0.238 e. The summed E-state index contributed by atoms with van der Waals surface area (Å²) in [7, 11) is 0. The number of hydrogen-bond acceptors (Lipinski definition) is 3. The van der Waals surface area contributed by atoms with E-state index >= 15 is 0 Å². The third kappa shape index (κ3) is 2.00. The van der Waals surface area contributed by atoms with Crippen LogP contribution in [0.25, 0.3) is 22.3 Å². The van der Waals surface area contributed by atoms with Crippen LogP contribution >= 0.6 is 0 Å². The summed E-state index contributed by atoms with van der Waals surface area (Å²) in [6.45, 7) is 6.01. The Morgan fingerprint density at radius 2 is 2.07 bits per heavy atom. The van der Waals surface area contributed by atoms with E-state index in [1.807, 2.05) is 13.8 Å². The quantitative estimate of drug-likeness (QED) is 0.652. The summed E-state index contributed by atoms with van der Waals surface area (Å²) in [5.41, 5.74) is 8.02. The number of H-pyrrole nitrogens is 2. The average Bonchev–Trinajstić information content (AvgIpc) is 3.18. The van der Waals surface area contributed by atoms with Crippen molar-refractivity contribution in [2.45, 2.75) is 45.4 Å². The number of benzene rings is 1. The van der Waals surface area contributed by atoms with Crippen LogP contribution < -0.4 is 4.90 Å². The van der Waals surface area contributed by atoms with Crippen molar-refractivity contribution in [3.05, 3.63) is 34.5 Å². The van der Waals surface area contributed by atoms with Crippen LogP contribution in [-0.2, 0) is 23.1 Å². The first kappa shape index (κ1) is 16.1. The van der Waals surface area contributed by atoms with E-state index in [9.17, 15) is 10.1 Å². The Morgan fingerprint density at radius 1 is 1.30 bits per heavy atom. The van der Waals surface area contributed by atoms with Gasteiger partial charge in [-0.25, -0.2) is 0 Å². The molecule has 0 atom stereocenters. The Balaban J connectivity index is 1.79. The molecule has 2 aliphatic rings. The van der Waals surface area contributed by atoms with E-state index in [4.69, 9.17) is 0 Å². The SMILES string of the molecule is Cc1[nH]nc2c1CCCc1c-2[nH]c2cc3c(cc12)N(CC#N)C(=O)C3(C)C. The second-order valence-electron chi connectivity index (χ2n) is 8.10. The number of nitrogens with one attached hydrogen (secondary N) is 2. The van der Waals surface area contributed by atoms with Crippen LogP contribution in [0, 0.1) is 18.3 Å². The Morgan fingerprint density at radius 3 is 2.85 bits per heavy atom. The summed E-state index contributed by atoms with van der Waals surface area (Å²) in [5.74, 6) is -0.0111. The standard InChI is InChI=1S/C21H21N5O/c1-11-12-5-4-6-13-14-9-17-15(21(2,3)20(27)26(17)8-7-22)10-16(14)23-18(13)19(12)25-24-11/h9-10,23H,4-6,8H2,1-3H3,(H,24,25). The molecule has 6 nitrogen and oxygen atoms in total. The van der Waals surface area contributed by atoms with Crippen molar-refractivity contribution in [3.63, 3.8) is 0 Å². The summed E-state index contributed by atoms with van der Waals surface area (Å²) in [5, 5.41) is 18.0. The Kier molecular flexibility index (Phi) is 3.12. The molecule has 27 heavy (non-hydrogen) atoms. The number of amides is 1. The monoisotopic (exact) mass is 359 g/mol. The minimum atomic E-state index is -0.628.